The number of rotatable bonds is 7. The molecule has 0 aliphatic carbocycles. The maximum Gasteiger partial charge on any atom is 0.214 e. The number of aryl methyl sites for hydroxylation is 1. The molecule has 0 spiro atoms. The van der Waals surface area contributed by atoms with Crippen molar-refractivity contribution < 1.29 is 10.5 Å². The zero-order valence-corrected chi connectivity index (χ0v) is 14.1. The number of methoxy groups -OCH3 is 1. The van der Waals surface area contributed by atoms with E-state index in [-0.39, 0.29) is 0 Å². The molecule has 1 aromatic carbocycles. The minimum absolute atomic E-state index is 0.855. The second-order valence-electron chi connectivity index (χ2n) is 5.39. The van der Waals surface area contributed by atoms with Crippen molar-refractivity contribution in [3.63, 3.8) is 0 Å². The van der Waals surface area contributed by atoms with Crippen molar-refractivity contribution in [3.05, 3.63) is 41.1 Å². The molecule has 0 bridgehead atoms. The molecule has 0 fully saturated rings. The van der Waals surface area contributed by atoms with Crippen LogP contribution in [0.3, 0.4) is 0 Å². The highest BCUT2D eigenvalue weighted by molar-refractivity contribution is 8.02. The number of nitrogens with one attached hydrogen (secondary N) is 1. The molecule has 4 N–H and O–H groups in total. The van der Waals surface area contributed by atoms with Crippen LogP contribution in [0.25, 0.3) is 5.70 Å². The number of unbranched alkanes of at least 4 members (excludes halogenated alkanes) is 2. The Morgan fingerprint density at radius 2 is 2.00 bits per heavy atom. The van der Waals surface area contributed by atoms with E-state index in [2.05, 4.69) is 26.8 Å². The molecule has 0 atom stereocenters. The van der Waals surface area contributed by atoms with E-state index in [0.717, 1.165) is 47.4 Å². The molecule has 23 heavy (non-hydrogen) atoms. The van der Waals surface area contributed by atoms with Gasteiger partial charge in [-0.2, -0.15) is 0 Å². The van der Waals surface area contributed by atoms with Crippen LogP contribution in [0.4, 0.5) is 0 Å². The molecule has 3 rings (SSSR count). The SMILES string of the molecule is COc1ccc(C2=CSc3nnc(CCCCC[NH3+])n3N2)cc1. The van der Waals surface area contributed by atoms with Gasteiger partial charge in [0.25, 0.3) is 0 Å². The quantitative estimate of drug-likeness (QED) is 0.757. The molecule has 1 aliphatic heterocycles. The van der Waals surface area contributed by atoms with Gasteiger partial charge in [0.2, 0.25) is 5.16 Å². The third kappa shape index (κ3) is 3.68. The molecule has 6 nitrogen and oxygen atoms in total. The predicted molar refractivity (Wildman–Crippen MR) is 91.5 cm³/mol. The number of nitrogens with zero attached hydrogens (tertiary/aromatic N) is 3. The van der Waals surface area contributed by atoms with Crippen LogP contribution in [0.1, 0.15) is 30.7 Å². The van der Waals surface area contributed by atoms with Crippen LogP contribution >= 0.6 is 11.8 Å². The fraction of sp³-hybridized carbons (Fsp3) is 0.375. The minimum Gasteiger partial charge on any atom is -0.497 e. The van der Waals surface area contributed by atoms with E-state index in [1.807, 2.05) is 28.9 Å². The summed E-state index contributed by atoms with van der Waals surface area (Å²) in [5.74, 6) is 1.84. The first-order valence-corrected chi connectivity index (χ1v) is 8.71. The van der Waals surface area contributed by atoms with Gasteiger partial charge in [0.1, 0.15) is 5.75 Å². The standard InChI is InChI=1S/C16H21N5OS/c1-22-13-8-6-12(7-9-13)14-11-23-16-19-18-15(21(16)20-14)5-3-2-4-10-17/h6-9,11,20H,2-5,10,17H2,1H3/p+1. The zero-order valence-electron chi connectivity index (χ0n) is 13.3. The Balaban J connectivity index is 1.70. The van der Waals surface area contributed by atoms with Crippen molar-refractivity contribution in [2.75, 3.05) is 19.1 Å². The van der Waals surface area contributed by atoms with Gasteiger partial charge in [0.15, 0.2) is 5.82 Å². The largest absolute Gasteiger partial charge is 0.497 e. The number of aromatic nitrogens is 3. The average Bonchev–Trinajstić information content (AvgIpc) is 3.01. The number of thioether (sulfide) groups is 1. The Labute approximate surface area is 140 Å². The lowest BCUT2D eigenvalue weighted by Crippen LogP contribution is -2.50. The fourth-order valence-electron chi connectivity index (χ4n) is 2.45. The highest BCUT2D eigenvalue weighted by Gasteiger charge is 2.18. The highest BCUT2D eigenvalue weighted by Crippen LogP contribution is 2.29. The first-order chi connectivity index (χ1) is 11.3. The Morgan fingerprint density at radius 1 is 1.17 bits per heavy atom. The molecule has 0 radical (unpaired) electrons. The van der Waals surface area contributed by atoms with Crippen molar-refractivity contribution in [3.8, 4) is 5.75 Å². The van der Waals surface area contributed by atoms with E-state index in [9.17, 15) is 0 Å². The summed E-state index contributed by atoms with van der Waals surface area (Å²) in [5, 5.41) is 11.5. The molecule has 2 aromatic rings. The summed E-state index contributed by atoms with van der Waals surface area (Å²) in [6.07, 6.45) is 4.39. The highest BCUT2D eigenvalue weighted by atomic mass is 32.2. The van der Waals surface area contributed by atoms with Gasteiger partial charge in [-0.3, -0.25) is 5.43 Å². The molecule has 0 amide bonds. The summed E-state index contributed by atoms with van der Waals surface area (Å²) in [6.45, 7) is 0.996. The van der Waals surface area contributed by atoms with Gasteiger partial charge in [-0.05, 0) is 43.5 Å². The van der Waals surface area contributed by atoms with E-state index in [0.29, 0.717) is 0 Å². The Bertz CT molecular complexity index is 680. The Hall–Kier alpha value is -1.99. The number of hydrogen-bond donors (Lipinski definition) is 2. The third-order valence-electron chi connectivity index (χ3n) is 3.77. The van der Waals surface area contributed by atoms with Gasteiger partial charge < -0.3 is 10.5 Å². The number of hydrogen-bond acceptors (Lipinski definition) is 5. The van der Waals surface area contributed by atoms with Crippen LogP contribution in [0.5, 0.6) is 5.75 Å². The second-order valence-corrected chi connectivity index (χ2v) is 6.22. The van der Waals surface area contributed by atoms with Crippen molar-refractivity contribution in [1.82, 2.24) is 14.9 Å². The van der Waals surface area contributed by atoms with Gasteiger partial charge in [0.05, 0.1) is 19.4 Å². The molecule has 0 saturated carbocycles. The predicted octanol–water partition coefficient (Wildman–Crippen LogP) is 1.89. The van der Waals surface area contributed by atoms with Gasteiger partial charge in [-0.15, -0.1) is 10.2 Å². The molecule has 0 unspecified atom stereocenters. The fourth-order valence-corrected chi connectivity index (χ4v) is 3.21. The number of benzene rings is 1. The normalized spacial score (nSPS) is 13.2. The maximum atomic E-state index is 5.21. The number of fused-ring (bicyclic) bond motifs is 1. The van der Waals surface area contributed by atoms with E-state index in [4.69, 9.17) is 4.74 Å². The summed E-state index contributed by atoms with van der Waals surface area (Å²) in [4.78, 5) is 0. The zero-order chi connectivity index (χ0) is 16.1. The maximum absolute atomic E-state index is 5.21. The first kappa shape index (κ1) is 15.9. The summed E-state index contributed by atoms with van der Waals surface area (Å²) in [7, 11) is 1.67. The lowest BCUT2D eigenvalue weighted by molar-refractivity contribution is -0.368. The van der Waals surface area contributed by atoms with Crippen LogP contribution in [0.15, 0.2) is 34.8 Å². The minimum atomic E-state index is 0.855. The summed E-state index contributed by atoms with van der Waals surface area (Å²) in [6, 6.07) is 8.01. The monoisotopic (exact) mass is 332 g/mol. The van der Waals surface area contributed by atoms with Gasteiger partial charge >= 0.3 is 0 Å². The second kappa shape index (κ2) is 7.52. The molecule has 1 aromatic heterocycles. The Kier molecular flexibility index (Phi) is 5.19. The topological polar surface area (TPSA) is 79.6 Å². The van der Waals surface area contributed by atoms with Gasteiger partial charge in [-0.1, -0.05) is 11.8 Å². The number of ether oxygens (including phenoxy) is 1. The molecular weight excluding hydrogens is 310 g/mol. The van der Waals surface area contributed by atoms with E-state index in [1.165, 1.54) is 12.8 Å². The summed E-state index contributed by atoms with van der Waals surface area (Å²) < 4.78 is 7.20. The van der Waals surface area contributed by atoms with Crippen molar-refractivity contribution in [2.24, 2.45) is 0 Å². The van der Waals surface area contributed by atoms with E-state index in [1.54, 1.807) is 18.9 Å². The van der Waals surface area contributed by atoms with Gasteiger partial charge in [-0.25, -0.2) is 4.68 Å². The van der Waals surface area contributed by atoms with Crippen LogP contribution < -0.4 is 15.9 Å². The smallest absolute Gasteiger partial charge is 0.214 e. The van der Waals surface area contributed by atoms with E-state index < -0.39 is 0 Å². The van der Waals surface area contributed by atoms with Crippen LogP contribution in [-0.4, -0.2) is 28.5 Å². The van der Waals surface area contributed by atoms with Crippen LogP contribution in [0, 0.1) is 0 Å². The molecule has 2 heterocycles. The Morgan fingerprint density at radius 3 is 2.74 bits per heavy atom. The van der Waals surface area contributed by atoms with Crippen LogP contribution in [-0.2, 0) is 6.42 Å². The molecule has 0 saturated heterocycles. The molecule has 7 heteroatoms. The third-order valence-corrected chi connectivity index (χ3v) is 4.59. The molecule has 1 aliphatic rings. The number of quaternary nitrogens is 1. The lowest BCUT2D eigenvalue weighted by Gasteiger charge is -2.19. The van der Waals surface area contributed by atoms with E-state index >= 15 is 0 Å². The summed E-state index contributed by atoms with van der Waals surface area (Å²) in [5.41, 5.74) is 9.46. The van der Waals surface area contributed by atoms with Gasteiger partial charge in [0, 0.05) is 17.4 Å². The lowest BCUT2D eigenvalue weighted by atomic mass is 10.2. The average molecular weight is 332 g/mol. The molecule has 122 valence electrons. The van der Waals surface area contributed by atoms with Crippen LogP contribution in [0.2, 0.25) is 0 Å². The first-order valence-electron chi connectivity index (χ1n) is 7.83. The van der Waals surface area contributed by atoms with Crippen molar-refractivity contribution in [1.29, 1.82) is 0 Å². The summed E-state index contributed by atoms with van der Waals surface area (Å²) >= 11 is 1.59. The molecular formula is C16H22N5OS+. The van der Waals surface area contributed by atoms with Crippen molar-refractivity contribution >= 4 is 17.5 Å². The van der Waals surface area contributed by atoms with Crippen molar-refractivity contribution in [2.45, 2.75) is 30.8 Å².